The average Bonchev–Trinajstić information content (AvgIpc) is 2.75. The van der Waals surface area contributed by atoms with E-state index >= 15 is 0 Å². The van der Waals surface area contributed by atoms with E-state index in [-0.39, 0.29) is 0 Å². The van der Waals surface area contributed by atoms with E-state index in [1.165, 1.54) is 37.9 Å². The Morgan fingerprint density at radius 2 is 1.48 bits per heavy atom. The van der Waals surface area contributed by atoms with Gasteiger partial charge < -0.3 is 9.80 Å². The molecule has 0 bridgehead atoms. The molecule has 0 radical (unpaired) electrons. The predicted molar refractivity (Wildman–Crippen MR) is 111 cm³/mol. The maximum atomic E-state index is 4.49. The fourth-order valence-corrected chi connectivity index (χ4v) is 4.13. The minimum Gasteiger partial charge on any atom is -0.353 e. The SMILES string of the molecule is C[C@@H](c1ccc(-c2ccc(N3CCN(C)CC3)nn2)cc1)N1CCCCC1. The van der Waals surface area contributed by atoms with Gasteiger partial charge in [-0.3, -0.25) is 4.90 Å². The molecule has 5 nitrogen and oxygen atoms in total. The molecular weight excluding hydrogens is 334 g/mol. The van der Waals surface area contributed by atoms with Crippen molar-refractivity contribution in [2.75, 3.05) is 51.2 Å². The van der Waals surface area contributed by atoms with E-state index < -0.39 is 0 Å². The highest BCUT2D eigenvalue weighted by molar-refractivity contribution is 5.60. The number of aromatic nitrogens is 2. The number of likely N-dealkylation sites (N-methyl/N-ethyl adjacent to an activating group) is 1. The van der Waals surface area contributed by atoms with Crippen LogP contribution in [-0.2, 0) is 0 Å². The summed E-state index contributed by atoms with van der Waals surface area (Å²) in [5.41, 5.74) is 3.48. The van der Waals surface area contributed by atoms with Gasteiger partial charge >= 0.3 is 0 Å². The van der Waals surface area contributed by atoms with Crippen molar-refractivity contribution in [3.8, 4) is 11.3 Å². The summed E-state index contributed by atoms with van der Waals surface area (Å²) < 4.78 is 0. The fourth-order valence-electron chi connectivity index (χ4n) is 4.13. The monoisotopic (exact) mass is 365 g/mol. The first-order chi connectivity index (χ1) is 13.2. The molecule has 1 atom stereocenters. The normalized spacial score (nSPS) is 20.6. The summed E-state index contributed by atoms with van der Waals surface area (Å²) >= 11 is 0. The molecule has 2 fully saturated rings. The first-order valence-corrected chi connectivity index (χ1v) is 10.3. The molecule has 2 saturated heterocycles. The molecule has 1 aromatic heterocycles. The Labute approximate surface area is 163 Å². The molecule has 0 aliphatic carbocycles. The minimum atomic E-state index is 0.491. The Kier molecular flexibility index (Phi) is 5.69. The van der Waals surface area contributed by atoms with Crippen LogP contribution >= 0.6 is 0 Å². The van der Waals surface area contributed by atoms with E-state index in [4.69, 9.17) is 0 Å². The minimum absolute atomic E-state index is 0.491. The van der Waals surface area contributed by atoms with Crippen LogP contribution in [0.3, 0.4) is 0 Å². The van der Waals surface area contributed by atoms with Crippen LogP contribution in [0.1, 0.15) is 37.8 Å². The molecule has 4 rings (SSSR count). The standard InChI is InChI=1S/C22H31N5/c1-18(26-12-4-3-5-13-26)19-6-8-20(9-7-19)21-10-11-22(24-23-21)27-16-14-25(2)15-17-27/h6-11,18H,3-5,12-17H2,1-2H3/t18-/m0/s1. The van der Waals surface area contributed by atoms with E-state index in [0.29, 0.717) is 6.04 Å². The third-order valence-electron chi connectivity index (χ3n) is 6.10. The molecule has 27 heavy (non-hydrogen) atoms. The number of hydrogen-bond donors (Lipinski definition) is 0. The van der Waals surface area contributed by atoms with Crippen molar-refractivity contribution in [3.63, 3.8) is 0 Å². The second-order valence-electron chi connectivity index (χ2n) is 7.96. The highest BCUT2D eigenvalue weighted by Crippen LogP contribution is 2.26. The number of likely N-dealkylation sites (tertiary alicyclic amines) is 1. The zero-order chi connectivity index (χ0) is 18.6. The van der Waals surface area contributed by atoms with Crippen LogP contribution in [0.25, 0.3) is 11.3 Å². The summed E-state index contributed by atoms with van der Waals surface area (Å²) in [7, 11) is 2.17. The smallest absolute Gasteiger partial charge is 0.151 e. The van der Waals surface area contributed by atoms with E-state index in [0.717, 1.165) is 43.3 Å². The van der Waals surface area contributed by atoms with Gasteiger partial charge in [0.1, 0.15) is 0 Å². The molecule has 5 heteroatoms. The molecule has 1 aromatic carbocycles. The number of piperidine rings is 1. The average molecular weight is 366 g/mol. The summed E-state index contributed by atoms with van der Waals surface area (Å²) in [4.78, 5) is 7.27. The predicted octanol–water partition coefficient (Wildman–Crippen LogP) is 3.44. The van der Waals surface area contributed by atoms with Gasteiger partial charge in [-0.1, -0.05) is 30.7 Å². The number of rotatable bonds is 4. The van der Waals surface area contributed by atoms with Crippen LogP contribution < -0.4 is 4.90 Å². The molecule has 0 N–H and O–H groups in total. The van der Waals surface area contributed by atoms with Gasteiger partial charge in [-0.25, -0.2) is 0 Å². The Bertz CT molecular complexity index is 713. The van der Waals surface area contributed by atoms with Gasteiger partial charge in [0.15, 0.2) is 5.82 Å². The topological polar surface area (TPSA) is 35.5 Å². The van der Waals surface area contributed by atoms with Crippen LogP contribution in [0.5, 0.6) is 0 Å². The number of nitrogens with zero attached hydrogens (tertiary/aromatic N) is 5. The van der Waals surface area contributed by atoms with Crippen LogP contribution in [0.4, 0.5) is 5.82 Å². The third kappa shape index (κ3) is 4.30. The first kappa shape index (κ1) is 18.4. The van der Waals surface area contributed by atoms with E-state index in [1.54, 1.807) is 0 Å². The number of benzene rings is 1. The molecule has 0 amide bonds. The molecule has 0 saturated carbocycles. The lowest BCUT2D eigenvalue weighted by molar-refractivity contribution is 0.175. The van der Waals surface area contributed by atoms with Crippen LogP contribution in [0.2, 0.25) is 0 Å². The highest BCUT2D eigenvalue weighted by atomic mass is 15.3. The molecule has 2 aromatic rings. The largest absolute Gasteiger partial charge is 0.353 e. The van der Waals surface area contributed by atoms with Gasteiger partial charge in [0.2, 0.25) is 0 Å². The zero-order valence-electron chi connectivity index (χ0n) is 16.6. The van der Waals surface area contributed by atoms with Gasteiger partial charge in [-0.05, 0) is 57.6 Å². The summed E-state index contributed by atoms with van der Waals surface area (Å²) in [6.07, 6.45) is 4.04. The zero-order valence-corrected chi connectivity index (χ0v) is 16.6. The highest BCUT2D eigenvalue weighted by Gasteiger charge is 2.18. The van der Waals surface area contributed by atoms with Crippen molar-refractivity contribution in [2.24, 2.45) is 0 Å². The van der Waals surface area contributed by atoms with Crippen molar-refractivity contribution in [2.45, 2.75) is 32.2 Å². The fraction of sp³-hybridized carbons (Fsp3) is 0.545. The summed E-state index contributed by atoms with van der Waals surface area (Å²) in [6.45, 7) is 8.98. The lowest BCUT2D eigenvalue weighted by atomic mass is 10.0. The van der Waals surface area contributed by atoms with Crippen molar-refractivity contribution in [1.82, 2.24) is 20.0 Å². The van der Waals surface area contributed by atoms with Crippen LogP contribution in [0.15, 0.2) is 36.4 Å². The number of anilines is 1. The van der Waals surface area contributed by atoms with Crippen molar-refractivity contribution in [1.29, 1.82) is 0 Å². The van der Waals surface area contributed by atoms with Gasteiger partial charge in [0.25, 0.3) is 0 Å². The molecule has 144 valence electrons. The van der Waals surface area contributed by atoms with Crippen molar-refractivity contribution in [3.05, 3.63) is 42.0 Å². The quantitative estimate of drug-likeness (QED) is 0.829. The second kappa shape index (κ2) is 8.36. The Hall–Kier alpha value is -1.98. The molecule has 2 aliphatic heterocycles. The van der Waals surface area contributed by atoms with Crippen LogP contribution in [-0.4, -0.2) is 66.3 Å². The van der Waals surface area contributed by atoms with E-state index in [2.05, 4.69) is 75.3 Å². The number of hydrogen-bond acceptors (Lipinski definition) is 5. The van der Waals surface area contributed by atoms with E-state index in [1.807, 2.05) is 0 Å². The molecule has 2 aliphatic rings. The van der Waals surface area contributed by atoms with Gasteiger partial charge in [-0.2, -0.15) is 0 Å². The summed E-state index contributed by atoms with van der Waals surface area (Å²) in [5, 5.41) is 8.98. The first-order valence-electron chi connectivity index (χ1n) is 10.3. The third-order valence-corrected chi connectivity index (χ3v) is 6.10. The lowest BCUT2D eigenvalue weighted by Gasteiger charge is -2.33. The van der Waals surface area contributed by atoms with Gasteiger partial charge in [0, 0.05) is 37.8 Å². The Morgan fingerprint density at radius 3 is 2.11 bits per heavy atom. The molecule has 3 heterocycles. The van der Waals surface area contributed by atoms with Gasteiger partial charge in [-0.15, -0.1) is 10.2 Å². The maximum absolute atomic E-state index is 4.49. The Balaban J connectivity index is 1.42. The van der Waals surface area contributed by atoms with Crippen molar-refractivity contribution < 1.29 is 0 Å². The number of piperazine rings is 1. The Morgan fingerprint density at radius 1 is 0.778 bits per heavy atom. The van der Waals surface area contributed by atoms with Crippen molar-refractivity contribution >= 4 is 5.82 Å². The second-order valence-corrected chi connectivity index (χ2v) is 7.96. The molecule has 0 spiro atoms. The molecular formula is C22H31N5. The summed E-state index contributed by atoms with van der Waals surface area (Å²) in [5.74, 6) is 0.988. The van der Waals surface area contributed by atoms with Crippen LogP contribution in [0, 0.1) is 0 Å². The van der Waals surface area contributed by atoms with Gasteiger partial charge in [0.05, 0.1) is 5.69 Å². The van der Waals surface area contributed by atoms with E-state index in [9.17, 15) is 0 Å². The molecule has 0 unspecified atom stereocenters. The summed E-state index contributed by atoms with van der Waals surface area (Å²) in [6, 6.07) is 13.6. The maximum Gasteiger partial charge on any atom is 0.151 e. The lowest BCUT2D eigenvalue weighted by Crippen LogP contribution is -2.44.